The second-order valence-electron chi connectivity index (χ2n) is 14.3. The average molecular weight is 584 g/mol. The van der Waals surface area contributed by atoms with E-state index < -0.39 is 11.5 Å². The summed E-state index contributed by atoms with van der Waals surface area (Å²) in [5.41, 5.74) is -0.00386. The number of carbonyl (C=O) groups excluding carboxylic acids is 3. The summed E-state index contributed by atoms with van der Waals surface area (Å²) < 4.78 is 13.7. The Morgan fingerprint density at radius 1 is 1.02 bits per heavy atom. The number of fused-ring (bicyclic) bond motifs is 3. The summed E-state index contributed by atoms with van der Waals surface area (Å²) >= 11 is 0. The number of hydrogen-bond donors (Lipinski definition) is 3. The molecule has 4 atom stereocenters. The van der Waals surface area contributed by atoms with E-state index in [2.05, 4.69) is 27.9 Å². The number of benzene rings is 1. The summed E-state index contributed by atoms with van der Waals surface area (Å²) in [6.45, 7) is 7.95. The number of carbonyl (C=O) groups is 3. The summed E-state index contributed by atoms with van der Waals surface area (Å²) in [5.74, 6) is -0.178. The highest BCUT2D eigenvalue weighted by Crippen LogP contribution is 2.46. The van der Waals surface area contributed by atoms with Crippen molar-refractivity contribution < 1.29 is 18.8 Å². The van der Waals surface area contributed by atoms with Crippen molar-refractivity contribution in [1.29, 1.82) is 0 Å². The van der Waals surface area contributed by atoms with E-state index in [1.807, 2.05) is 25.7 Å². The highest BCUT2D eigenvalue weighted by Gasteiger charge is 2.49. The fourth-order valence-electron chi connectivity index (χ4n) is 7.94. The molecule has 3 N–H and O–H groups in total. The predicted molar refractivity (Wildman–Crippen MR) is 161 cm³/mol. The zero-order valence-electron chi connectivity index (χ0n) is 25.9. The topological polar surface area (TPSA) is 93.8 Å². The number of rotatable bonds is 7. The number of likely N-dealkylation sites (N-methyl/N-ethyl adjacent to an activating group) is 1. The molecule has 1 unspecified atom stereocenters. The number of nitrogens with zero attached hydrogens (tertiary/aromatic N) is 2. The maximum atomic E-state index is 14.1. The van der Waals surface area contributed by atoms with Gasteiger partial charge in [0, 0.05) is 43.7 Å². The van der Waals surface area contributed by atoms with Crippen molar-refractivity contribution in [2.45, 2.75) is 115 Å². The molecule has 4 saturated heterocycles. The van der Waals surface area contributed by atoms with Gasteiger partial charge in [-0.25, -0.2) is 4.39 Å². The zero-order valence-corrected chi connectivity index (χ0v) is 25.9. The second kappa shape index (κ2) is 12.6. The highest BCUT2D eigenvalue weighted by molar-refractivity contribution is 5.91. The number of halogens is 1. The maximum Gasteiger partial charge on any atom is 0.245 e. The second-order valence-corrected chi connectivity index (χ2v) is 14.3. The first-order chi connectivity index (χ1) is 19.9. The van der Waals surface area contributed by atoms with Crippen LogP contribution in [0.1, 0.15) is 84.1 Å². The quantitative estimate of drug-likeness (QED) is 0.458. The van der Waals surface area contributed by atoms with Crippen LogP contribution in [-0.2, 0) is 20.8 Å². The molecule has 5 aliphatic rings. The van der Waals surface area contributed by atoms with Crippen LogP contribution in [0.5, 0.6) is 0 Å². The first kappa shape index (κ1) is 30.9. The Balaban J connectivity index is 1.32. The minimum Gasteiger partial charge on any atom is -0.351 e. The van der Waals surface area contributed by atoms with Crippen molar-refractivity contribution in [2.24, 2.45) is 11.3 Å². The number of amides is 3. The minimum atomic E-state index is -0.763. The van der Waals surface area contributed by atoms with Crippen LogP contribution in [0.15, 0.2) is 24.3 Å². The summed E-state index contributed by atoms with van der Waals surface area (Å²) in [7, 11) is 2.06. The van der Waals surface area contributed by atoms with Crippen LogP contribution in [0.25, 0.3) is 0 Å². The average Bonchev–Trinajstić information content (AvgIpc) is 2.97. The van der Waals surface area contributed by atoms with Crippen LogP contribution in [-0.4, -0.2) is 83.9 Å². The molecule has 1 aliphatic carbocycles. The SMILES string of the molecule is CN1C[C@@H]2CC[C@H]1C(C(=O)N[C@H](Cc1ccc(F)cc1)C(=O)N1CCC(C(=O)NC(C)(C)C)(C3CCCCC3)CC1)N2. The van der Waals surface area contributed by atoms with Crippen LogP contribution in [0, 0.1) is 17.2 Å². The fraction of sp³-hybridized carbons (Fsp3) is 0.727. The van der Waals surface area contributed by atoms with Gasteiger partial charge in [-0.1, -0.05) is 31.4 Å². The number of hydrogen-bond acceptors (Lipinski definition) is 5. The summed E-state index contributed by atoms with van der Waals surface area (Å²) in [6, 6.07) is 5.38. The Kier molecular flexibility index (Phi) is 9.28. The van der Waals surface area contributed by atoms with Gasteiger partial charge in [-0.05, 0) is 90.0 Å². The molecule has 2 bridgehead atoms. The molecule has 0 spiro atoms. The molecular formula is C33H50FN5O3. The molecule has 5 fully saturated rings. The minimum absolute atomic E-state index is 0.101. The maximum absolute atomic E-state index is 14.1. The van der Waals surface area contributed by atoms with E-state index in [1.54, 1.807) is 12.1 Å². The van der Waals surface area contributed by atoms with Crippen molar-refractivity contribution in [1.82, 2.24) is 25.8 Å². The van der Waals surface area contributed by atoms with Gasteiger partial charge in [0.05, 0.1) is 5.41 Å². The summed E-state index contributed by atoms with van der Waals surface area (Å²) in [4.78, 5) is 45.6. The van der Waals surface area contributed by atoms with Crippen molar-refractivity contribution >= 4 is 17.7 Å². The molecule has 0 aromatic heterocycles. The van der Waals surface area contributed by atoms with Crippen LogP contribution in [0.2, 0.25) is 0 Å². The van der Waals surface area contributed by atoms with E-state index in [0.717, 1.165) is 50.6 Å². The molecule has 1 aromatic rings. The van der Waals surface area contributed by atoms with Gasteiger partial charge in [0.2, 0.25) is 17.7 Å². The van der Waals surface area contributed by atoms with Gasteiger partial charge in [-0.3, -0.25) is 19.3 Å². The molecule has 232 valence electrons. The van der Waals surface area contributed by atoms with Crippen molar-refractivity contribution in [3.63, 3.8) is 0 Å². The molecule has 9 heteroatoms. The third kappa shape index (κ3) is 6.83. The monoisotopic (exact) mass is 583 g/mol. The Morgan fingerprint density at radius 3 is 2.29 bits per heavy atom. The number of nitrogens with one attached hydrogen (secondary N) is 3. The molecule has 6 rings (SSSR count). The van der Waals surface area contributed by atoms with Gasteiger partial charge < -0.3 is 20.9 Å². The van der Waals surface area contributed by atoms with Gasteiger partial charge >= 0.3 is 0 Å². The molecule has 1 saturated carbocycles. The molecular weight excluding hydrogens is 533 g/mol. The number of piperazine rings is 1. The molecule has 4 aliphatic heterocycles. The van der Waals surface area contributed by atoms with Crippen LogP contribution in [0.3, 0.4) is 0 Å². The summed E-state index contributed by atoms with van der Waals surface area (Å²) in [6.07, 6.45) is 9.17. The lowest BCUT2D eigenvalue weighted by atomic mass is 9.63. The Bertz CT molecular complexity index is 1120. The Labute approximate surface area is 250 Å². The fourth-order valence-corrected chi connectivity index (χ4v) is 7.94. The summed E-state index contributed by atoms with van der Waals surface area (Å²) in [5, 5.41) is 9.85. The van der Waals surface area contributed by atoms with Gasteiger partial charge in [0.1, 0.15) is 17.9 Å². The third-order valence-corrected chi connectivity index (χ3v) is 10.2. The molecule has 8 nitrogen and oxygen atoms in total. The molecule has 1 aromatic carbocycles. The zero-order chi connectivity index (χ0) is 30.1. The van der Waals surface area contributed by atoms with E-state index in [4.69, 9.17) is 0 Å². The van der Waals surface area contributed by atoms with E-state index in [1.165, 1.54) is 18.6 Å². The first-order valence-electron chi connectivity index (χ1n) is 16.1. The van der Waals surface area contributed by atoms with Crippen molar-refractivity contribution in [3.05, 3.63) is 35.6 Å². The Hall–Kier alpha value is -2.52. The number of piperidine rings is 3. The van der Waals surface area contributed by atoms with Gasteiger partial charge in [0.25, 0.3) is 0 Å². The van der Waals surface area contributed by atoms with Crippen LogP contribution < -0.4 is 16.0 Å². The first-order valence-corrected chi connectivity index (χ1v) is 16.1. The van der Waals surface area contributed by atoms with Crippen LogP contribution >= 0.6 is 0 Å². The van der Waals surface area contributed by atoms with Gasteiger partial charge in [-0.15, -0.1) is 0 Å². The normalized spacial score (nSPS) is 27.4. The van der Waals surface area contributed by atoms with Crippen molar-refractivity contribution in [2.75, 3.05) is 26.7 Å². The molecule has 3 amide bonds. The van der Waals surface area contributed by atoms with Gasteiger partial charge in [-0.2, -0.15) is 0 Å². The highest BCUT2D eigenvalue weighted by atomic mass is 19.1. The number of likely N-dealkylation sites (tertiary alicyclic amines) is 1. The lowest BCUT2D eigenvalue weighted by Crippen LogP contribution is -2.70. The Morgan fingerprint density at radius 2 is 1.69 bits per heavy atom. The van der Waals surface area contributed by atoms with E-state index in [-0.39, 0.29) is 53.6 Å². The molecule has 4 heterocycles. The van der Waals surface area contributed by atoms with E-state index in [9.17, 15) is 18.8 Å². The standard InChI is InChI=1S/C33H50FN5O3/c1-32(2,3)37-31(42)33(23-8-6-5-7-9-23)16-18-39(19-17-33)30(41)26(20-22-10-12-24(34)13-11-22)36-29(40)28-27-15-14-25(35-28)21-38(27)4/h10-13,23,25-28,35H,5-9,14-21H2,1-4H3,(H,36,40)(H,37,42)/t25-,26+,27-,28?/m0/s1. The molecule has 0 radical (unpaired) electrons. The van der Waals surface area contributed by atoms with E-state index in [0.29, 0.717) is 31.8 Å². The van der Waals surface area contributed by atoms with Gasteiger partial charge in [0.15, 0.2) is 0 Å². The smallest absolute Gasteiger partial charge is 0.245 e. The largest absolute Gasteiger partial charge is 0.351 e. The van der Waals surface area contributed by atoms with Crippen LogP contribution in [0.4, 0.5) is 4.39 Å². The lowest BCUT2D eigenvalue weighted by Gasteiger charge is -2.49. The van der Waals surface area contributed by atoms with E-state index >= 15 is 0 Å². The van der Waals surface area contributed by atoms with Crippen molar-refractivity contribution in [3.8, 4) is 0 Å². The molecule has 42 heavy (non-hydrogen) atoms. The lowest BCUT2D eigenvalue weighted by molar-refractivity contribution is -0.147. The third-order valence-electron chi connectivity index (χ3n) is 10.2. The predicted octanol–water partition coefficient (Wildman–Crippen LogP) is 3.39.